The van der Waals surface area contributed by atoms with Crippen LogP contribution in [0.3, 0.4) is 0 Å². The van der Waals surface area contributed by atoms with Gasteiger partial charge in [0.25, 0.3) is 0 Å². The number of hydrogen-bond donors (Lipinski definition) is 1. The van der Waals surface area contributed by atoms with Crippen molar-refractivity contribution in [2.24, 2.45) is 0 Å². The Hall–Kier alpha value is -3.69. The fourth-order valence-corrected chi connectivity index (χ4v) is 4.09. The average Bonchev–Trinajstić information content (AvgIpc) is 3.48. The third-order valence-corrected chi connectivity index (χ3v) is 6.21. The lowest BCUT2D eigenvalue weighted by Crippen LogP contribution is -2.28. The summed E-state index contributed by atoms with van der Waals surface area (Å²) >= 11 is 0. The summed E-state index contributed by atoms with van der Waals surface area (Å²) in [4.78, 5) is 25.8. The molecule has 1 saturated carbocycles. The number of carbonyl (C=O) groups excluding carboxylic acids is 2. The minimum Gasteiger partial charge on any atom is -0.462 e. The number of halogens is 4. The Morgan fingerprint density at radius 2 is 1.83 bits per heavy atom. The van der Waals surface area contributed by atoms with Crippen molar-refractivity contribution in [3.8, 4) is 11.1 Å². The molecule has 0 aliphatic heterocycles. The van der Waals surface area contributed by atoms with Gasteiger partial charge in [-0.15, -0.1) is 0 Å². The Kier molecular flexibility index (Phi) is 6.64. The Bertz CT molecular complexity index is 1290. The molecule has 1 heterocycles. The van der Waals surface area contributed by atoms with Gasteiger partial charge in [-0.25, -0.2) is 9.18 Å². The molecule has 1 amide bonds. The highest BCUT2D eigenvalue weighted by Gasteiger charge is 2.51. The van der Waals surface area contributed by atoms with E-state index in [-0.39, 0.29) is 29.5 Å². The number of amides is 1. The lowest BCUT2D eigenvalue weighted by Gasteiger charge is -2.18. The number of carbonyl (C=O) groups is 2. The summed E-state index contributed by atoms with van der Waals surface area (Å²) < 4.78 is 60.8. The second-order valence-electron chi connectivity index (χ2n) is 9.02. The molecule has 0 bridgehead atoms. The maximum Gasteiger partial charge on any atom is 0.416 e. The van der Waals surface area contributed by atoms with Crippen molar-refractivity contribution >= 4 is 17.6 Å². The molecule has 6 nitrogen and oxygen atoms in total. The van der Waals surface area contributed by atoms with Crippen LogP contribution in [0.25, 0.3) is 11.1 Å². The van der Waals surface area contributed by atoms with Crippen LogP contribution in [-0.2, 0) is 21.1 Å². The summed E-state index contributed by atoms with van der Waals surface area (Å²) in [5.41, 5.74) is -1.03. The molecule has 0 spiro atoms. The molecule has 1 aromatic heterocycles. The van der Waals surface area contributed by atoms with E-state index in [0.717, 1.165) is 18.2 Å². The summed E-state index contributed by atoms with van der Waals surface area (Å²) in [6, 6.07) is 6.91. The molecule has 1 aliphatic carbocycles. The minimum absolute atomic E-state index is 0.00206. The van der Waals surface area contributed by atoms with Crippen molar-refractivity contribution in [3.63, 3.8) is 0 Å². The first kappa shape index (κ1) is 25.4. The Balaban J connectivity index is 1.65. The van der Waals surface area contributed by atoms with Gasteiger partial charge in [0, 0.05) is 29.1 Å². The van der Waals surface area contributed by atoms with Crippen molar-refractivity contribution in [3.05, 3.63) is 71.3 Å². The van der Waals surface area contributed by atoms with Gasteiger partial charge in [0.1, 0.15) is 5.82 Å². The highest BCUT2D eigenvalue weighted by molar-refractivity contribution is 6.04. The maximum atomic E-state index is 15.3. The van der Waals surface area contributed by atoms with Crippen molar-refractivity contribution in [1.82, 2.24) is 9.78 Å². The first-order valence-electron chi connectivity index (χ1n) is 11.5. The predicted molar refractivity (Wildman–Crippen MR) is 125 cm³/mol. The highest BCUT2D eigenvalue weighted by atomic mass is 19.4. The molecule has 0 unspecified atom stereocenters. The van der Waals surface area contributed by atoms with Crippen LogP contribution in [0.15, 0.2) is 48.8 Å². The predicted octanol–water partition coefficient (Wildman–Crippen LogP) is 6.14. The van der Waals surface area contributed by atoms with Gasteiger partial charge >= 0.3 is 12.1 Å². The first-order valence-corrected chi connectivity index (χ1v) is 11.5. The van der Waals surface area contributed by atoms with Crippen molar-refractivity contribution in [1.29, 1.82) is 0 Å². The molecule has 36 heavy (non-hydrogen) atoms. The molecule has 0 saturated heterocycles. The van der Waals surface area contributed by atoms with Gasteiger partial charge in [0.05, 0.1) is 29.3 Å². The number of ether oxygens (including phenoxy) is 1. The van der Waals surface area contributed by atoms with Crippen LogP contribution >= 0.6 is 0 Å². The van der Waals surface area contributed by atoms with E-state index in [1.807, 2.05) is 13.8 Å². The minimum atomic E-state index is -4.48. The number of hydrogen-bond acceptors (Lipinski definition) is 4. The lowest BCUT2D eigenvalue weighted by molar-refractivity contribution is -0.137. The average molecular weight is 503 g/mol. The summed E-state index contributed by atoms with van der Waals surface area (Å²) in [5, 5.41) is 6.84. The van der Waals surface area contributed by atoms with E-state index in [1.165, 1.54) is 24.4 Å². The fraction of sp³-hybridized carbons (Fsp3) is 0.346. The van der Waals surface area contributed by atoms with Gasteiger partial charge in [-0.3, -0.25) is 9.48 Å². The summed E-state index contributed by atoms with van der Waals surface area (Å²) in [7, 11) is 0. The summed E-state index contributed by atoms with van der Waals surface area (Å²) in [6.45, 7) is 5.50. The Morgan fingerprint density at radius 3 is 2.36 bits per heavy atom. The number of esters is 1. The van der Waals surface area contributed by atoms with Crippen LogP contribution in [0, 0.1) is 5.82 Å². The summed E-state index contributed by atoms with van der Waals surface area (Å²) in [6.07, 6.45) is -0.545. The van der Waals surface area contributed by atoms with Crippen molar-refractivity contribution in [2.75, 3.05) is 11.9 Å². The molecular weight excluding hydrogens is 478 g/mol. The van der Waals surface area contributed by atoms with Crippen LogP contribution in [0.1, 0.15) is 61.1 Å². The molecule has 190 valence electrons. The molecule has 0 atom stereocenters. The van der Waals surface area contributed by atoms with Gasteiger partial charge < -0.3 is 10.1 Å². The Labute approximate surface area is 205 Å². The molecule has 0 radical (unpaired) electrons. The number of alkyl halides is 3. The molecule has 1 aliphatic rings. The topological polar surface area (TPSA) is 73.2 Å². The smallest absolute Gasteiger partial charge is 0.416 e. The number of benzene rings is 2. The fourth-order valence-electron chi connectivity index (χ4n) is 4.09. The van der Waals surface area contributed by atoms with E-state index in [1.54, 1.807) is 17.8 Å². The van der Waals surface area contributed by atoms with E-state index in [4.69, 9.17) is 4.74 Å². The largest absolute Gasteiger partial charge is 0.462 e. The zero-order valence-electron chi connectivity index (χ0n) is 19.9. The molecule has 4 rings (SSSR count). The second-order valence-corrected chi connectivity index (χ2v) is 9.02. The second kappa shape index (κ2) is 9.40. The quantitative estimate of drug-likeness (QED) is 0.311. The van der Waals surface area contributed by atoms with Gasteiger partial charge in [-0.05, 0) is 63.4 Å². The molecule has 2 aromatic carbocycles. The molecular formula is C26H25F4N3O3. The number of nitrogens with one attached hydrogen (secondary N) is 1. The number of aromatic nitrogens is 2. The normalized spacial score (nSPS) is 14.6. The SMILES string of the molecule is CCOC(=O)c1cc(NC(=O)C2(c3ccc(C(F)(F)F)cc3)CC2)cc(F)c1-c1cnn(C(C)C)c1. The third-order valence-electron chi connectivity index (χ3n) is 6.21. The number of nitrogens with zero attached hydrogens (tertiary/aromatic N) is 2. The third kappa shape index (κ3) is 4.84. The van der Waals surface area contributed by atoms with Crippen LogP contribution in [-0.4, -0.2) is 28.3 Å². The van der Waals surface area contributed by atoms with Crippen molar-refractivity contribution in [2.45, 2.75) is 51.2 Å². The van der Waals surface area contributed by atoms with E-state index in [2.05, 4.69) is 10.4 Å². The molecule has 1 N–H and O–H groups in total. The number of anilines is 1. The monoisotopic (exact) mass is 503 g/mol. The van der Waals surface area contributed by atoms with Gasteiger partial charge in [-0.2, -0.15) is 18.3 Å². The van der Waals surface area contributed by atoms with Crippen LogP contribution in [0.2, 0.25) is 0 Å². The zero-order chi connectivity index (χ0) is 26.3. The van der Waals surface area contributed by atoms with Gasteiger partial charge in [0.2, 0.25) is 5.91 Å². The summed E-state index contributed by atoms with van der Waals surface area (Å²) in [5.74, 6) is -2.00. The van der Waals surface area contributed by atoms with Gasteiger partial charge in [0.15, 0.2) is 0 Å². The number of rotatable bonds is 7. The van der Waals surface area contributed by atoms with E-state index < -0.39 is 34.8 Å². The van der Waals surface area contributed by atoms with Gasteiger partial charge in [-0.1, -0.05) is 12.1 Å². The highest BCUT2D eigenvalue weighted by Crippen LogP contribution is 2.49. The van der Waals surface area contributed by atoms with Crippen molar-refractivity contribution < 1.29 is 31.9 Å². The maximum absolute atomic E-state index is 15.3. The molecule has 3 aromatic rings. The molecule has 10 heteroatoms. The van der Waals surface area contributed by atoms with Crippen LogP contribution in [0.4, 0.5) is 23.2 Å². The van der Waals surface area contributed by atoms with E-state index >= 15 is 4.39 Å². The lowest BCUT2D eigenvalue weighted by atomic mass is 9.93. The van der Waals surface area contributed by atoms with E-state index in [9.17, 15) is 22.8 Å². The first-order chi connectivity index (χ1) is 17.0. The standard InChI is InChI=1S/C26H25F4N3O3/c1-4-36-23(34)20-11-19(12-21(27)22(20)16-13-31-33(14-16)15(2)3)32-24(35)25(9-10-25)17-5-7-18(8-6-17)26(28,29)30/h5-8,11-15H,4,9-10H2,1-3H3,(H,32,35). The van der Waals surface area contributed by atoms with E-state index in [0.29, 0.717) is 24.0 Å². The van der Waals surface area contributed by atoms with Crippen LogP contribution in [0.5, 0.6) is 0 Å². The molecule has 1 fully saturated rings. The zero-order valence-corrected chi connectivity index (χ0v) is 19.9. The Morgan fingerprint density at radius 1 is 1.17 bits per heavy atom. The van der Waals surface area contributed by atoms with Crippen LogP contribution < -0.4 is 5.32 Å².